The molecule has 5 atom stereocenters. The molecule has 0 saturated carbocycles. The molecule has 1 aromatic carbocycles. The third-order valence-electron chi connectivity index (χ3n) is 6.98. The summed E-state index contributed by atoms with van der Waals surface area (Å²) in [5.74, 6) is -2.72. The molecule has 0 spiro atoms. The van der Waals surface area contributed by atoms with Gasteiger partial charge in [0.15, 0.2) is 0 Å². The minimum absolute atomic E-state index is 0.0851. The summed E-state index contributed by atoms with van der Waals surface area (Å²) < 4.78 is 0. The number of rotatable bonds is 13. The fraction of sp³-hybridized carbons (Fsp3) is 0.643. The van der Waals surface area contributed by atoms with Gasteiger partial charge in [-0.2, -0.15) is 0 Å². The van der Waals surface area contributed by atoms with Gasteiger partial charge in [-0.15, -0.1) is 0 Å². The summed E-state index contributed by atoms with van der Waals surface area (Å²) in [5.41, 5.74) is 0.622. The highest BCUT2D eigenvalue weighted by Crippen LogP contribution is 2.22. The maximum Gasteiger partial charge on any atom is 0.326 e. The van der Waals surface area contributed by atoms with Crippen molar-refractivity contribution in [2.45, 2.75) is 97.3 Å². The number of hydrogen-bond donors (Lipinski definition) is 6. The molecule has 6 N–H and O–H groups in total. The molecule has 1 saturated heterocycles. The quantitative estimate of drug-likeness (QED) is 0.227. The molecule has 4 unspecified atom stereocenters. The SMILES string of the molecule is CCC(C)C(NC(=O)C(Cc1ccc(O)cc1)NC(=O)[C@H]1CCCN1)C(=O)NC(CCC(C)(C)C)C(=O)O. The topological polar surface area (TPSA) is 157 Å². The minimum Gasteiger partial charge on any atom is -0.508 e. The van der Waals surface area contributed by atoms with Crippen LogP contribution in [0.1, 0.15) is 72.3 Å². The van der Waals surface area contributed by atoms with Crippen molar-refractivity contribution in [3.05, 3.63) is 29.8 Å². The Kier molecular flexibility index (Phi) is 11.6. The average Bonchev–Trinajstić information content (AvgIpc) is 3.39. The van der Waals surface area contributed by atoms with Gasteiger partial charge in [0.1, 0.15) is 23.9 Å². The van der Waals surface area contributed by atoms with Crippen molar-refractivity contribution in [1.82, 2.24) is 21.3 Å². The van der Waals surface area contributed by atoms with Crippen LogP contribution in [-0.4, -0.2) is 64.6 Å². The van der Waals surface area contributed by atoms with E-state index in [1.54, 1.807) is 12.1 Å². The van der Waals surface area contributed by atoms with Gasteiger partial charge >= 0.3 is 5.97 Å². The van der Waals surface area contributed by atoms with Crippen molar-refractivity contribution in [2.24, 2.45) is 11.3 Å². The number of aliphatic carboxylic acids is 1. The van der Waals surface area contributed by atoms with Crippen molar-refractivity contribution in [2.75, 3.05) is 6.54 Å². The number of hydrogen-bond acceptors (Lipinski definition) is 6. The highest BCUT2D eigenvalue weighted by molar-refractivity contribution is 5.94. The van der Waals surface area contributed by atoms with E-state index in [-0.39, 0.29) is 35.8 Å². The van der Waals surface area contributed by atoms with Crippen molar-refractivity contribution < 1.29 is 29.4 Å². The van der Waals surface area contributed by atoms with Crippen LogP contribution in [0.2, 0.25) is 0 Å². The van der Waals surface area contributed by atoms with Crippen LogP contribution in [0.25, 0.3) is 0 Å². The molecule has 38 heavy (non-hydrogen) atoms. The lowest BCUT2D eigenvalue weighted by Crippen LogP contribution is -2.59. The van der Waals surface area contributed by atoms with Gasteiger partial charge in [-0.25, -0.2) is 4.79 Å². The maximum atomic E-state index is 13.5. The van der Waals surface area contributed by atoms with E-state index in [9.17, 15) is 29.4 Å². The van der Waals surface area contributed by atoms with E-state index in [0.717, 1.165) is 18.5 Å². The van der Waals surface area contributed by atoms with Crippen LogP contribution >= 0.6 is 0 Å². The zero-order valence-corrected chi connectivity index (χ0v) is 23.2. The third kappa shape index (κ3) is 9.96. The molecule has 1 aromatic rings. The second-order valence-corrected chi connectivity index (χ2v) is 11.5. The lowest BCUT2D eigenvalue weighted by Gasteiger charge is -2.29. The van der Waals surface area contributed by atoms with Crippen molar-refractivity contribution in [3.63, 3.8) is 0 Å². The molecule has 0 bridgehead atoms. The summed E-state index contributed by atoms with van der Waals surface area (Å²) in [6.45, 7) is 10.4. The summed E-state index contributed by atoms with van der Waals surface area (Å²) >= 11 is 0. The molecule has 10 nitrogen and oxygen atoms in total. The van der Waals surface area contributed by atoms with Crippen molar-refractivity contribution in [1.29, 1.82) is 0 Å². The lowest BCUT2D eigenvalue weighted by atomic mass is 9.88. The molecule has 0 radical (unpaired) electrons. The molecular formula is C28H44N4O6. The number of aromatic hydroxyl groups is 1. The summed E-state index contributed by atoms with van der Waals surface area (Å²) in [6, 6.07) is 2.93. The van der Waals surface area contributed by atoms with E-state index in [0.29, 0.717) is 19.3 Å². The fourth-order valence-electron chi connectivity index (χ4n) is 4.31. The fourth-order valence-corrected chi connectivity index (χ4v) is 4.31. The van der Waals surface area contributed by atoms with Gasteiger partial charge in [-0.3, -0.25) is 14.4 Å². The Hall–Kier alpha value is -3.14. The molecule has 1 aliphatic heterocycles. The van der Waals surface area contributed by atoms with Gasteiger partial charge < -0.3 is 31.5 Å². The van der Waals surface area contributed by atoms with Crippen molar-refractivity contribution in [3.8, 4) is 5.75 Å². The number of nitrogens with one attached hydrogen (secondary N) is 4. The summed E-state index contributed by atoms with van der Waals surface area (Å²) in [4.78, 5) is 51.4. The Morgan fingerprint density at radius 1 is 1.03 bits per heavy atom. The predicted octanol–water partition coefficient (Wildman–Crippen LogP) is 2.10. The van der Waals surface area contributed by atoms with E-state index in [1.165, 1.54) is 12.1 Å². The Bertz CT molecular complexity index is 953. The van der Waals surface area contributed by atoms with E-state index in [1.807, 2.05) is 34.6 Å². The first-order chi connectivity index (χ1) is 17.8. The van der Waals surface area contributed by atoms with Crippen LogP contribution < -0.4 is 21.3 Å². The molecule has 2 rings (SSSR count). The molecule has 0 aromatic heterocycles. The number of carboxylic acids is 1. The van der Waals surface area contributed by atoms with Crippen LogP contribution in [0.4, 0.5) is 0 Å². The second kappa shape index (κ2) is 14.1. The van der Waals surface area contributed by atoms with Gasteiger partial charge in [-0.1, -0.05) is 53.2 Å². The zero-order chi connectivity index (χ0) is 28.5. The first kappa shape index (κ1) is 31.1. The molecule has 1 heterocycles. The van der Waals surface area contributed by atoms with E-state index in [4.69, 9.17) is 0 Å². The number of amides is 3. The van der Waals surface area contributed by atoms with Gasteiger partial charge in [0.25, 0.3) is 0 Å². The highest BCUT2D eigenvalue weighted by Gasteiger charge is 2.34. The Morgan fingerprint density at radius 3 is 2.21 bits per heavy atom. The number of carbonyl (C=O) groups is 4. The lowest BCUT2D eigenvalue weighted by molar-refractivity contribution is -0.143. The highest BCUT2D eigenvalue weighted by atomic mass is 16.4. The van der Waals surface area contributed by atoms with Crippen LogP contribution in [-0.2, 0) is 25.6 Å². The smallest absolute Gasteiger partial charge is 0.326 e. The first-order valence-corrected chi connectivity index (χ1v) is 13.5. The van der Waals surface area contributed by atoms with Crippen molar-refractivity contribution >= 4 is 23.7 Å². The zero-order valence-electron chi connectivity index (χ0n) is 23.2. The molecule has 10 heteroatoms. The largest absolute Gasteiger partial charge is 0.508 e. The Labute approximate surface area is 225 Å². The van der Waals surface area contributed by atoms with Gasteiger partial charge in [0.05, 0.1) is 6.04 Å². The monoisotopic (exact) mass is 532 g/mol. The summed E-state index contributed by atoms with van der Waals surface area (Å²) in [6.07, 6.45) is 3.12. The van der Waals surface area contributed by atoms with Crippen LogP contribution in [0.5, 0.6) is 5.75 Å². The van der Waals surface area contributed by atoms with Crippen LogP contribution in [0.15, 0.2) is 24.3 Å². The van der Waals surface area contributed by atoms with Gasteiger partial charge in [0.2, 0.25) is 17.7 Å². The number of phenols is 1. The third-order valence-corrected chi connectivity index (χ3v) is 6.98. The number of phenolic OH excluding ortho intramolecular Hbond substituents is 1. The van der Waals surface area contributed by atoms with Crippen LogP contribution in [0, 0.1) is 11.3 Å². The molecular weight excluding hydrogens is 488 g/mol. The number of benzene rings is 1. The second-order valence-electron chi connectivity index (χ2n) is 11.5. The molecule has 1 fully saturated rings. The summed E-state index contributed by atoms with van der Waals surface area (Å²) in [5, 5.41) is 30.6. The van der Waals surface area contributed by atoms with Gasteiger partial charge in [0, 0.05) is 6.42 Å². The van der Waals surface area contributed by atoms with E-state index in [2.05, 4.69) is 21.3 Å². The van der Waals surface area contributed by atoms with E-state index >= 15 is 0 Å². The minimum atomic E-state index is -1.13. The normalized spacial score (nSPS) is 18.6. The maximum absolute atomic E-state index is 13.5. The molecule has 212 valence electrons. The summed E-state index contributed by atoms with van der Waals surface area (Å²) in [7, 11) is 0. The predicted molar refractivity (Wildman–Crippen MR) is 144 cm³/mol. The van der Waals surface area contributed by atoms with Crippen LogP contribution in [0.3, 0.4) is 0 Å². The molecule has 3 amide bonds. The van der Waals surface area contributed by atoms with Gasteiger partial charge in [-0.05, 0) is 61.3 Å². The number of carboxylic acid groups (broad SMARTS) is 1. The Balaban J connectivity index is 2.20. The molecule has 1 aliphatic rings. The average molecular weight is 533 g/mol. The first-order valence-electron chi connectivity index (χ1n) is 13.5. The molecule has 0 aliphatic carbocycles. The van der Waals surface area contributed by atoms with E-state index < -0.39 is 42.0 Å². The number of carbonyl (C=O) groups excluding carboxylic acids is 3. The Morgan fingerprint density at radius 2 is 1.68 bits per heavy atom. The standard InChI is InChI=1S/C28H44N4O6/c1-6-17(2)23(26(36)30-21(27(37)38)13-14-28(3,4)5)32-25(35)22(16-18-9-11-19(33)12-10-18)31-24(34)20-8-7-15-29-20/h9-12,17,20-23,29,33H,6-8,13-16H2,1-5H3,(H,30,36)(H,31,34)(H,32,35)(H,37,38)/t17?,20-,21?,22?,23?/m1/s1.